The summed E-state index contributed by atoms with van der Waals surface area (Å²) in [5.41, 5.74) is 1.49. The summed E-state index contributed by atoms with van der Waals surface area (Å²) in [6.45, 7) is 1.42. The van der Waals surface area contributed by atoms with Gasteiger partial charge in [0, 0.05) is 24.9 Å². The Balaban J connectivity index is 2.43. The molecule has 1 aromatic heterocycles. The number of carbonyl (C=O) groups excluding carboxylic acids is 1. The van der Waals surface area contributed by atoms with Gasteiger partial charge in [0.2, 0.25) is 5.91 Å². The smallest absolute Gasteiger partial charge is 0.305 e. The first-order chi connectivity index (χ1) is 8.09. The Bertz CT molecular complexity index is 496. The SMILES string of the molecule is CC(=O)N1C=Cc2ncccc2C1CC(=O)O. The summed E-state index contributed by atoms with van der Waals surface area (Å²) in [6.07, 6.45) is 4.83. The number of pyridine rings is 1. The average Bonchev–Trinajstić information content (AvgIpc) is 2.28. The highest BCUT2D eigenvalue weighted by molar-refractivity contribution is 5.79. The lowest BCUT2D eigenvalue weighted by molar-refractivity contribution is -0.139. The van der Waals surface area contributed by atoms with E-state index in [1.165, 1.54) is 11.8 Å². The van der Waals surface area contributed by atoms with Crippen LogP contribution in [0.2, 0.25) is 0 Å². The third-order valence-electron chi connectivity index (χ3n) is 2.69. The minimum Gasteiger partial charge on any atom is -0.481 e. The van der Waals surface area contributed by atoms with Crippen LogP contribution in [0, 0.1) is 0 Å². The molecule has 88 valence electrons. The molecule has 0 saturated carbocycles. The Morgan fingerprint density at radius 2 is 2.29 bits per heavy atom. The zero-order valence-electron chi connectivity index (χ0n) is 9.33. The van der Waals surface area contributed by atoms with Crippen molar-refractivity contribution in [2.45, 2.75) is 19.4 Å². The number of rotatable bonds is 2. The van der Waals surface area contributed by atoms with Crippen LogP contribution in [0.15, 0.2) is 24.5 Å². The molecule has 1 unspecified atom stereocenters. The van der Waals surface area contributed by atoms with Gasteiger partial charge in [-0.3, -0.25) is 14.6 Å². The molecule has 1 amide bonds. The Morgan fingerprint density at radius 3 is 2.94 bits per heavy atom. The molecule has 0 radical (unpaired) electrons. The van der Waals surface area contributed by atoms with Gasteiger partial charge in [0.25, 0.3) is 0 Å². The van der Waals surface area contributed by atoms with Crippen molar-refractivity contribution in [2.75, 3.05) is 0 Å². The molecular weight excluding hydrogens is 220 g/mol. The lowest BCUT2D eigenvalue weighted by atomic mass is 9.97. The number of aliphatic carboxylic acids is 1. The molecule has 0 saturated heterocycles. The number of nitrogens with zero attached hydrogens (tertiary/aromatic N) is 2. The van der Waals surface area contributed by atoms with Crippen LogP contribution < -0.4 is 0 Å². The van der Waals surface area contributed by atoms with E-state index in [4.69, 9.17) is 5.11 Å². The highest BCUT2D eigenvalue weighted by atomic mass is 16.4. The molecule has 0 spiro atoms. The topological polar surface area (TPSA) is 70.5 Å². The Morgan fingerprint density at radius 1 is 1.53 bits per heavy atom. The van der Waals surface area contributed by atoms with Gasteiger partial charge in [-0.25, -0.2) is 0 Å². The molecule has 2 heterocycles. The van der Waals surface area contributed by atoms with Gasteiger partial charge in [-0.05, 0) is 12.1 Å². The molecule has 0 aromatic carbocycles. The number of carboxylic acid groups (broad SMARTS) is 1. The summed E-state index contributed by atoms with van der Waals surface area (Å²) in [7, 11) is 0. The average molecular weight is 232 g/mol. The molecular formula is C12H12N2O3. The van der Waals surface area contributed by atoms with Crippen molar-refractivity contribution in [1.82, 2.24) is 9.88 Å². The maximum absolute atomic E-state index is 11.5. The minimum atomic E-state index is -0.939. The van der Waals surface area contributed by atoms with Gasteiger partial charge in [-0.15, -0.1) is 0 Å². The first-order valence-corrected chi connectivity index (χ1v) is 5.23. The Labute approximate surface area is 98.4 Å². The minimum absolute atomic E-state index is 0.122. The van der Waals surface area contributed by atoms with Gasteiger partial charge >= 0.3 is 5.97 Å². The number of carbonyl (C=O) groups is 2. The van der Waals surface area contributed by atoms with E-state index in [9.17, 15) is 9.59 Å². The van der Waals surface area contributed by atoms with E-state index in [0.717, 1.165) is 11.3 Å². The molecule has 1 atom stereocenters. The van der Waals surface area contributed by atoms with E-state index in [2.05, 4.69) is 4.98 Å². The normalized spacial score (nSPS) is 17.7. The predicted molar refractivity (Wildman–Crippen MR) is 60.8 cm³/mol. The van der Waals surface area contributed by atoms with Crippen molar-refractivity contribution >= 4 is 18.0 Å². The van der Waals surface area contributed by atoms with Gasteiger partial charge < -0.3 is 10.0 Å². The van der Waals surface area contributed by atoms with Gasteiger partial charge in [0.1, 0.15) is 0 Å². The summed E-state index contributed by atoms with van der Waals surface area (Å²) in [5.74, 6) is -1.12. The molecule has 5 heteroatoms. The van der Waals surface area contributed by atoms with Crippen molar-refractivity contribution in [3.05, 3.63) is 35.8 Å². The van der Waals surface area contributed by atoms with Crippen LogP contribution in [0.25, 0.3) is 6.08 Å². The van der Waals surface area contributed by atoms with Crippen molar-refractivity contribution < 1.29 is 14.7 Å². The quantitative estimate of drug-likeness (QED) is 0.837. The van der Waals surface area contributed by atoms with Gasteiger partial charge in [0.15, 0.2) is 0 Å². The van der Waals surface area contributed by atoms with Crippen molar-refractivity contribution in [3.63, 3.8) is 0 Å². The fourth-order valence-electron chi connectivity index (χ4n) is 1.95. The van der Waals surface area contributed by atoms with Crippen LogP contribution in [-0.4, -0.2) is 26.9 Å². The summed E-state index contributed by atoms with van der Waals surface area (Å²) in [5, 5.41) is 8.91. The largest absolute Gasteiger partial charge is 0.481 e. The lowest BCUT2D eigenvalue weighted by Crippen LogP contribution is -2.32. The maximum atomic E-state index is 11.5. The number of hydrogen-bond donors (Lipinski definition) is 1. The zero-order valence-corrected chi connectivity index (χ0v) is 9.33. The molecule has 5 nitrogen and oxygen atoms in total. The van der Waals surface area contributed by atoms with Gasteiger partial charge in [0.05, 0.1) is 18.2 Å². The summed E-state index contributed by atoms with van der Waals surface area (Å²) < 4.78 is 0. The van der Waals surface area contributed by atoms with Crippen LogP contribution in [-0.2, 0) is 9.59 Å². The van der Waals surface area contributed by atoms with Crippen LogP contribution in [0.1, 0.15) is 30.6 Å². The van der Waals surface area contributed by atoms with Crippen LogP contribution >= 0.6 is 0 Å². The standard InChI is InChI=1S/C12H12N2O3/c1-8(15)14-6-4-10-9(3-2-5-13-10)11(14)7-12(16)17/h2-6,11H,7H2,1H3,(H,16,17). The third-order valence-corrected chi connectivity index (χ3v) is 2.69. The highest BCUT2D eigenvalue weighted by Gasteiger charge is 2.28. The van der Waals surface area contributed by atoms with Crippen LogP contribution in [0.3, 0.4) is 0 Å². The number of hydrogen-bond acceptors (Lipinski definition) is 3. The van der Waals surface area contributed by atoms with Crippen molar-refractivity contribution in [2.24, 2.45) is 0 Å². The molecule has 1 aliphatic rings. The molecule has 1 aliphatic heterocycles. The number of fused-ring (bicyclic) bond motifs is 1. The van der Waals surface area contributed by atoms with Crippen molar-refractivity contribution in [3.8, 4) is 0 Å². The number of aromatic nitrogens is 1. The van der Waals surface area contributed by atoms with Gasteiger partial charge in [-0.1, -0.05) is 6.07 Å². The van der Waals surface area contributed by atoms with Crippen LogP contribution in [0.5, 0.6) is 0 Å². The lowest BCUT2D eigenvalue weighted by Gasteiger charge is -2.30. The molecule has 2 rings (SSSR count). The monoisotopic (exact) mass is 232 g/mol. The zero-order chi connectivity index (χ0) is 12.4. The van der Waals surface area contributed by atoms with E-state index in [-0.39, 0.29) is 12.3 Å². The second-order valence-corrected chi connectivity index (χ2v) is 3.83. The molecule has 0 aliphatic carbocycles. The third kappa shape index (κ3) is 2.18. The van der Waals surface area contributed by atoms with E-state index in [1.807, 2.05) is 0 Å². The molecule has 1 aromatic rings. The Hall–Kier alpha value is -2.17. The maximum Gasteiger partial charge on any atom is 0.305 e. The van der Waals surface area contributed by atoms with Crippen LogP contribution in [0.4, 0.5) is 0 Å². The second kappa shape index (κ2) is 4.37. The van der Waals surface area contributed by atoms with Gasteiger partial charge in [-0.2, -0.15) is 0 Å². The first-order valence-electron chi connectivity index (χ1n) is 5.23. The summed E-state index contributed by atoms with van der Waals surface area (Å²) in [4.78, 5) is 27.9. The molecule has 0 bridgehead atoms. The highest BCUT2D eigenvalue weighted by Crippen LogP contribution is 2.31. The summed E-state index contributed by atoms with van der Waals surface area (Å²) in [6, 6.07) is 3.07. The fraction of sp³-hybridized carbons (Fsp3) is 0.250. The van der Waals surface area contributed by atoms with E-state index in [1.54, 1.807) is 30.6 Å². The molecule has 0 fully saturated rings. The number of amides is 1. The fourth-order valence-corrected chi connectivity index (χ4v) is 1.95. The summed E-state index contributed by atoms with van der Waals surface area (Å²) >= 11 is 0. The van der Waals surface area contributed by atoms with E-state index >= 15 is 0 Å². The van der Waals surface area contributed by atoms with E-state index in [0.29, 0.717) is 0 Å². The Kier molecular flexibility index (Phi) is 2.91. The number of carboxylic acids is 1. The van der Waals surface area contributed by atoms with Crippen molar-refractivity contribution in [1.29, 1.82) is 0 Å². The van der Waals surface area contributed by atoms with E-state index < -0.39 is 12.0 Å². The predicted octanol–water partition coefficient (Wildman–Crippen LogP) is 1.43. The second-order valence-electron chi connectivity index (χ2n) is 3.83. The molecule has 17 heavy (non-hydrogen) atoms. The first kappa shape index (κ1) is 11.3. The molecule has 1 N–H and O–H groups in total.